The van der Waals surface area contributed by atoms with Crippen LogP contribution >= 0.6 is 0 Å². The average molecular weight is 785 g/mol. The first kappa shape index (κ1) is 40.8. The van der Waals surface area contributed by atoms with Crippen LogP contribution < -0.4 is 19.6 Å². The smallest absolute Gasteiger partial charge is 0.239 e. The van der Waals surface area contributed by atoms with E-state index < -0.39 is 121 Å². The van der Waals surface area contributed by atoms with Crippen LogP contribution in [0.4, 0.5) is 0 Å². The van der Waals surface area contributed by atoms with Crippen molar-refractivity contribution < 1.29 is 93.4 Å². The zero-order chi connectivity index (χ0) is 40.0. The molecule has 3 saturated heterocycles. The van der Waals surface area contributed by atoms with Gasteiger partial charge in [0, 0.05) is 11.6 Å². The maximum atomic E-state index is 14.4. The van der Waals surface area contributed by atoms with Crippen molar-refractivity contribution in [2.24, 2.45) is 0 Å². The number of aliphatic hydroxyl groups is 8. The van der Waals surface area contributed by atoms with E-state index in [4.69, 9.17) is 42.3 Å². The Morgan fingerprint density at radius 2 is 1.27 bits per heavy atom. The summed E-state index contributed by atoms with van der Waals surface area (Å²) in [6.07, 6.45) is -24.7. The molecular formula is C35H44O20. The molecule has 0 spiro atoms. The Morgan fingerprint density at radius 3 is 1.87 bits per heavy atom. The summed E-state index contributed by atoms with van der Waals surface area (Å²) in [7, 11) is 2.51. The van der Waals surface area contributed by atoms with Gasteiger partial charge in [0.15, 0.2) is 35.9 Å². The third-order valence-corrected chi connectivity index (χ3v) is 9.80. The molecule has 1 aromatic heterocycles. The Labute approximate surface area is 311 Å². The highest BCUT2D eigenvalue weighted by Gasteiger charge is 2.52. The van der Waals surface area contributed by atoms with Crippen molar-refractivity contribution in [3.63, 3.8) is 0 Å². The van der Waals surface area contributed by atoms with Crippen molar-refractivity contribution in [3.05, 3.63) is 40.6 Å². The van der Waals surface area contributed by atoms with Crippen molar-refractivity contribution in [2.75, 3.05) is 20.8 Å². The number of aliphatic hydroxyl groups excluding tert-OH is 8. The van der Waals surface area contributed by atoms with Gasteiger partial charge in [-0.25, -0.2) is 0 Å². The molecule has 6 rings (SSSR count). The lowest BCUT2D eigenvalue weighted by Gasteiger charge is -2.46. The van der Waals surface area contributed by atoms with E-state index in [9.17, 15) is 55.9 Å². The number of fused-ring (bicyclic) bond motifs is 1. The number of phenols is 2. The van der Waals surface area contributed by atoms with Gasteiger partial charge < -0.3 is 93.4 Å². The molecule has 304 valence electrons. The second-order valence-electron chi connectivity index (χ2n) is 13.4. The van der Waals surface area contributed by atoms with Gasteiger partial charge in [-0.15, -0.1) is 0 Å². The number of rotatable bonds is 10. The van der Waals surface area contributed by atoms with Crippen LogP contribution in [0.3, 0.4) is 0 Å². The zero-order valence-electron chi connectivity index (χ0n) is 29.8. The molecule has 0 saturated carbocycles. The number of benzene rings is 2. The maximum Gasteiger partial charge on any atom is 0.239 e. The first-order chi connectivity index (χ1) is 26.1. The summed E-state index contributed by atoms with van der Waals surface area (Å²) in [5, 5.41) is 106. The third-order valence-electron chi connectivity index (χ3n) is 9.80. The lowest BCUT2D eigenvalue weighted by Crippen LogP contribution is -2.65. The van der Waals surface area contributed by atoms with Gasteiger partial charge in [-0.3, -0.25) is 4.79 Å². The van der Waals surface area contributed by atoms with E-state index in [1.54, 1.807) is 0 Å². The Kier molecular flexibility index (Phi) is 12.1. The maximum absolute atomic E-state index is 14.4. The van der Waals surface area contributed by atoms with E-state index >= 15 is 0 Å². The van der Waals surface area contributed by atoms with Gasteiger partial charge in [0.1, 0.15) is 71.7 Å². The minimum absolute atomic E-state index is 0.000985. The fourth-order valence-corrected chi connectivity index (χ4v) is 6.56. The number of methoxy groups -OCH3 is 2. The van der Waals surface area contributed by atoms with Crippen LogP contribution in [0, 0.1) is 0 Å². The number of phenolic OH excluding ortho intramolecular Hbond substituents is 2. The molecular weight excluding hydrogens is 740 g/mol. The summed E-state index contributed by atoms with van der Waals surface area (Å²) in [5.74, 6) is -2.01. The predicted octanol–water partition coefficient (Wildman–Crippen LogP) is -2.23. The topological polar surface area (TPSA) is 306 Å². The SMILES string of the molecule is COc1cc2oc(-c3ccc(O)cc3)c(O[C@@H]3O[C@H](CO[C@@H]4O[C@@H](C)[C@H](O)[C@@H](O)[C@H]4O)[C@H](O)[C@H](O)[C@H]3O[C@@H]3O[C@@H](C)[C@H](O)[C@@H](O)[C@H]3O)c(=O)c2c(O)c1OC. The van der Waals surface area contributed by atoms with Crippen molar-refractivity contribution in [1.82, 2.24) is 0 Å². The number of ether oxygens (including phenoxy) is 8. The summed E-state index contributed by atoms with van der Waals surface area (Å²) >= 11 is 0. The monoisotopic (exact) mass is 784 g/mol. The predicted molar refractivity (Wildman–Crippen MR) is 181 cm³/mol. The average Bonchev–Trinajstić information content (AvgIpc) is 3.16. The molecule has 0 amide bonds. The van der Waals surface area contributed by atoms with Crippen LogP contribution in [-0.2, 0) is 23.7 Å². The lowest BCUT2D eigenvalue weighted by molar-refractivity contribution is -0.360. The van der Waals surface area contributed by atoms with E-state index in [0.29, 0.717) is 0 Å². The van der Waals surface area contributed by atoms with Crippen LogP contribution in [0.15, 0.2) is 39.5 Å². The van der Waals surface area contributed by atoms with Gasteiger partial charge in [0.25, 0.3) is 0 Å². The first-order valence-corrected chi connectivity index (χ1v) is 17.2. The van der Waals surface area contributed by atoms with Gasteiger partial charge >= 0.3 is 0 Å². The highest BCUT2D eigenvalue weighted by molar-refractivity contribution is 5.91. The molecule has 0 bridgehead atoms. The molecule has 20 nitrogen and oxygen atoms in total. The summed E-state index contributed by atoms with van der Waals surface area (Å²) in [4.78, 5) is 14.4. The van der Waals surface area contributed by atoms with Gasteiger partial charge in [-0.2, -0.15) is 0 Å². The number of hydrogen-bond donors (Lipinski definition) is 10. The van der Waals surface area contributed by atoms with E-state index in [-0.39, 0.29) is 34.2 Å². The van der Waals surface area contributed by atoms with Crippen molar-refractivity contribution >= 4 is 11.0 Å². The Balaban J connectivity index is 1.42. The number of aromatic hydroxyl groups is 2. The molecule has 55 heavy (non-hydrogen) atoms. The van der Waals surface area contributed by atoms with Crippen molar-refractivity contribution in [1.29, 1.82) is 0 Å². The molecule has 15 atom stereocenters. The van der Waals surface area contributed by atoms with Crippen LogP contribution in [0.5, 0.6) is 28.7 Å². The molecule has 3 aliphatic heterocycles. The highest BCUT2D eigenvalue weighted by Crippen LogP contribution is 2.44. The van der Waals surface area contributed by atoms with Crippen LogP contribution in [0.1, 0.15) is 13.8 Å². The van der Waals surface area contributed by atoms with E-state index in [2.05, 4.69) is 0 Å². The quantitative estimate of drug-likeness (QED) is 0.104. The van der Waals surface area contributed by atoms with Gasteiger partial charge in [-0.05, 0) is 38.1 Å². The largest absolute Gasteiger partial charge is 0.508 e. The molecule has 0 aliphatic carbocycles. The lowest BCUT2D eigenvalue weighted by atomic mass is 9.97. The molecule has 3 fully saturated rings. The van der Waals surface area contributed by atoms with Crippen LogP contribution in [0.25, 0.3) is 22.3 Å². The molecule has 3 aliphatic rings. The fourth-order valence-electron chi connectivity index (χ4n) is 6.56. The molecule has 10 N–H and O–H groups in total. The molecule has 3 aromatic rings. The third kappa shape index (κ3) is 7.66. The highest BCUT2D eigenvalue weighted by atomic mass is 16.8. The normalized spacial score (nSPS) is 36.8. The summed E-state index contributed by atoms with van der Waals surface area (Å²) < 4.78 is 51.3. The summed E-state index contributed by atoms with van der Waals surface area (Å²) in [6.45, 7) is 2.13. The fraction of sp³-hybridized carbons (Fsp3) is 0.571. The van der Waals surface area contributed by atoms with E-state index in [1.165, 1.54) is 58.4 Å². The van der Waals surface area contributed by atoms with Crippen molar-refractivity contribution in [2.45, 2.75) is 106 Å². The van der Waals surface area contributed by atoms with E-state index in [0.717, 1.165) is 0 Å². The second-order valence-corrected chi connectivity index (χ2v) is 13.4. The molecule has 2 aromatic carbocycles. The standard InChI is InChI=1S/C35H44O20/c1-11-19(37)24(42)27(45)33(50-11)49-10-17-21(39)26(44)32(55-34-28(46)25(43)20(38)12(2)51-34)35(53-17)54-31-23(41)18-15(9-16(47-3)30(48-4)22(18)40)52-29(31)13-5-7-14(36)8-6-13/h5-9,11-12,17,19-21,24-28,32-40,42-46H,10H2,1-4H3/t11-,12-,17+,19-,20-,21-,24+,25+,26-,27+,28+,32+,33+,34-,35-/m0/s1. The molecule has 0 radical (unpaired) electrons. The molecule has 20 heteroatoms. The Bertz CT molecular complexity index is 1850. The van der Waals surface area contributed by atoms with Crippen molar-refractivity contribution in [3.8, 4) is 40.1 Å². The van der Waals surface area contributed by atoms with Crippen LogP contribution in [0.2, 0.25) is 0 Å². The summed E-state index contributed by atoms with van der Waals surface area (Å²) in [5.41, 5.74) is -1.05. The number of hydrogen-bond acceptors (Lipinski definition) is 20. The minimum atomic E-state index is -2.01. The first-order valence-electron chi connectivity index (χ1n) is 17.2. The minimum Gasteiger partial charge on any atom is -0.508 e. The molecule has 0 unspecified atom stereocenters. The van der Waals surface area contributed by atoms with Gasteiger partial charge in [0.05, 0.1) is 33.0 Å². The van der Waals surface area contributed by atoms with E-state index in [1.807, 2.05) is 0 Å². The second kappa shape index (κ2) is 16.3. The Hall–Kier alpha value is -3.87. The Morgan fingerprint density at radius 1 is 0.673 bits per heavy atom. The van der Waals surface area contributed by atoms with Gasteiger partial charge in [0.2, 0.25) is 23.2 Å². The molecule has 4 heterocycles. The van der Waals surface area contributed by atoms with Crippen LogP contribution in [-0.4, -0.2) is 164 Å². The summed E-state index contributed by atoms with van der Waals surface area (Å²) in [6, 6.07) is 6.60. The van der Waals surface area contributed by atoms with Gasteiger partial charge in [-0.1, -0.05) is 0 Å². The zero-order valence-corrected chi connectivity index (χ0v) is 29.8.